The maximum atomic E-state index is 12.6. The summed E-state index contributed by atoms with van der Waals surface area (Å²) in [5.41, 5.74) is 0.682. The van der Waals surface area contributed by atoms with E-state index in [9.17, 15) is 4.79 Å². The summed E-state index contributed by atoms with van der Waals surface area (Å²) >= 11 is 0. The monoisotopic (exact) mass is 332 g/mol. The fourth-order valence-corrected chi connectivity index (χ4v) is 3.91. The molecule has 1 aromatic rings. The van der Waals surface area contributed by atoms with Gasteiger partial charge >= 0.3 is 0 Å². The van der Waals surface area contributed by atoms with Gasteiger partial charge in [0.15, 0.2) is 0 Å². The van der Waals surface area contributed by atoms with E-state index in [0.29, 0.717) is 32.0 Å². The minimum absolute atomic E-state index is 0.0522. The second-order valence-corrected chi connectivity index (χ2v) is 6.99. The van der Waals surface area contributed by atoms with Crippen molar-refractivity contribution in [2.75, 3.05) is 57.5 Å². The lowest BCUT2D eigenvalue weighted by molar-refractivity contribution is 0.0298. The number of carbonyl (C=O) groups is 1. The number of amides is 1. The van der Waals surface area contributed by atoms with Gasteiger partial charge in [0, 0.05) is 38.2 Å². The molecule has 4 rings (SSSR count). The fourth-order valence-electron chi connectivity index (χ4n) is 3.91. The summed E-state index contributed by atoms with van der Waals surface area (Å²) in [6.07, 6.45) is 6.80. The zero-order valence-electron chi connectivity index (χ0n) is 13.9. The Hall–Kier alpha value is -1.73. The van der Waals surface area contributed by atoms with Crippen LogP contribution in [0.15, 0.2) is 12.4 Å². The van der Waals surface area contributed by atoms with Crippen LogP contribution in [0.1, 0.15) is 29.8 Å². The van der Waals surface area contributed by atoms with Gasteiger partial charge in [0.2, 0.25) is 0 Å². The standard InChI is InChI=1S/C17H24N4O3/c22-16(20-5-8-23-9-6-20)14-10-18-11-15(19-14)21-4-1-2-17(12-21)3-7-24-13-17/h10-11H,1-9,12-13H2. The van der Waals surface area contributed by atoms with Crippen LogP contribution in [0.25, 0.3) is 0 Å². The average Bonchev–Trinajstić information content (AvgIpc) is 3.09. The molecule has 1 aromatic heterocycles. The van der Waals surface area contributed by atoms with Gasteiger partial charge in [0.1, 0.15) is 11.5 Å². The third-order valence-corrected chi connectivity index (χ3v) is 5.31. The minimum Gasteiger partial charge on any atom is -0.381 e. The normalized spacial score (nSPS) is 27.7. The van der Waals surface area contributed by atoms with Gasteiger partial charge in [-0.1, -0.05) is 0 Å². The lowest BCUT2D eigenvalue weighted by Crippen LogP contribution is -2.44. The molecule has 0 aliphatic carbocycles. The van der Waals surface area contributed by atoms with E-state index in [1.807, 2.05) is 0 Å². The van der Waals surface area contributed by atoms with E-state index in [-0.39, 0.29) is 11.3 Å². The molecule has 3 aliphatic rings. The van der Waals surface area contributed by atoms with Crippen LogP contribution in [0.2, 0.25) is 0 Å². The van der Waals surface area contributed by atoms with E-state index in [1.54, 1.807) is 17.3 Å². The predicted molar refractivity (Wildman–Crippen MR) is 88.1 cm³/mol. The van der Waals surface area contributed by atoms with Gasteiger partial charge in [0.05, 0.1) is 32.2 Å². The van der Waals surface area contributed by atoms with Crippen molar-refractivity contribution in [1.82, 2.24) is 14.9 Å². The number of anilines is 1. The van der Waals surface area contributed by atoms with Crippen LogP contribution in [-0.4, -0.2) is 73.4 Å². The molecule has 0 saturated carbocycles. The summed E-state index contributed by atoms with van der Waals surface area (Å²) in [6, 6.07) is 0. The molecule has 1 amide bonds. The summed E-state index contributed by atoms with van der Waals surface area (Å²) in [4.78, 5) is 25.6. The highest BCUT2D eigenvalue weighted by atomic mass is 16.5. The van der Waals surface area contributed by atoms with Crippen molar-refractivity contribution in [1.29, 1.82) is 0 Å². The summed E-state index contributed by atoms with van der Waals surface area (Å²) in [5.74, 6) is 0.753. The topological polar surface area (TPSA) is 67.8 Å². The summed E-state index contributed by atoms with van der Waals surface area (Å²) in [7, 11) is 0. The van der Waals surface area contributed by atoms with E-state index in [2.05, 4.69) is 14.9 Å². The van der Waals surface area contributed by atoms with Crippen molar-refractivity contribution in [2.24, 2.45) is 5.41 Å². The quantitative estimate of drug-likeness (QED) is 0.803. The Balaban J connectivity index is 1.50. The average molecular weight is 332 g/mol. The van der Waals surface area contributed by atoms with Gasteiger partial charge in [-0.25, -0.2) is 4.98 Å². The minimum atomic E-state index is -0.0522. The van der Waals surface area contributed by atoms with Crippen LogP contribution in [0, 0.1) is 5.41 Å². The molecule has 4 heterocycles. The molecule has 7 heteroatoms. The maximum absolute atomic E-state index is 12.6. The number of carbonyl (C=O) groups excluding carboxylic acids is 1. The zero-order valence-corrected chi connectivity index (χ0v) is 13.9. The van der Waals surface area contributed by atoms with Crippen LogP contribution in [0.3, 0.4) is 0 Å². The van der Waals surface area contributed by atoms with Crippen molar-refractivity contribution < 1.29 is 14.3 Å². The van der Waals surface area contributed by atoms with Crippen molar-refractivity contribution in [3.05, 3.63) is 18.1 Å². The van der Waals surface area contributed by atoms with Gasteiger partial charge in [-0.15, -0.1) is 0 Å². The van der Waals surface area contributed by atoms with Crippen LogP contribution >= 0.6 is 0 Å². The lowest BCUT2D eigenvalue weighted by Gasteiger charge is -2.40. The molecule has 1 spiro atoms. The molecule has 0 bridgehead atoms. The molecule has 0 radical (unpaired) electrons. The third kappa shape index (κ3) is 3.10. The smallest absolute Gasteiger partial charge is 0.274 e. The van der Waals surface area contributed by atoms with Crippen LogP contribution in [0.5, 0.6) is 0 Å². The van der Waals surface area contributed by atoms with Gasteiger partial charge < -0.3 is 19.3 Å². The number of hydrogen-bond acceptors (Lipinski definition) is 6. The molecule has 3 aliphatic heterocycles. The Morgan fingerprint density at radius 2 is 1.96 bits per heavy atom. The number of nitrogens with zero attached hydrogens (tertiary/aromatic N) is 4. The third-order valence-electron chi connectivity index (χ3n) is 5.31. The highest BCUT2D eigenvalue weighted by Crippen LogP contribution is 2.38. The van der Waals surface area contributed by atoms with Crippen LogP contribution in [0.4, 0.5) is 5.82 Å². The van der Waals surface area contributed by atoms with Gasteiger partial charge in [-0.05, 0) is 19.3 Å². The number of piperidine rings is 1. The molecule has 130 valence electrons. The summed E-state index contributed by atoms with van der Waals surface area (Å²) in [6.45, 7) is 6.02. The Morgan fingerprint density at radius 1 is 1.08 bits per heavy atom. The molecule has 3 saturated heterocycles. The predicted octanol–water partition coefficient (Wildman–Crippen LogP) is 0.956. The SMILES string of the molecule is O=C(c1cncc(N2CCCC3(CCOC3)C2)n1)N1CCOCC1. The van der Waals surface area contributed by atoms with Crippen LogP contribution < -0.4 is 4.90 Å². The largest absolute Gasteiger partial charge is 0.381 e. The Bertz CT molecular complexity index is 597. The second-order valence-electron chi connectivity index (χ2n) is 6.99. The second kappa shape index (κ2) is 6.64. The zero-order chi connectivity index (χ0) is 16.4. The molecule has 1 unspecified atom stereocenters. The number of ether oxygens (including phenoxy) is 2. The number of hydrogen-bond donors (Lipinski definition) is 0. The molecule has 3 fully saturated rings. The van der Waals surface area contributed by atoms with E-state index in [0.717, 1.165) is 45.0 Å². The molecule has 24 heavy (non-hydrogen) atoms. The van der Waals surface area contributed by atoms with Crippen molar-refractivity contribution in [2.45, 2.75) is 19.3 Å². The summed E-state index contributed by atoms with van der Waals surface area (Å²) in [5, 5.41) is 0. The maximum Gasteiger partial charge on any atom is 0.274 e. The highest BCUT2D eigenvalue weighted by molar-refractivity contribution is 5.92. The number of rotatable bonds is 2. The molecule has 0 aromatic carbocycles. The first-order chi connectivity index (χ1) is 11.8. The highest BCUT2D eigenvalue weighted by Gasteiger charge is 2.39. The van der Waals surface area contributed by atoms with Gasteiger partial charge in [-0.3, -0.25) is 9.78 Å². The Kier molecular flexibility index (Phi) is 4.37. The number of morpholine rings is 1. The van der Waals surface area contributed by atoms with Gasteiger partial charge in [-0.2, -0.15) is 0 Å². The first-order valence-corrected chi connectivity index (χ1v) is 8.78. The van der Waals surface area contributed by atoms with Crippen molar-refractivity contribution >= 4 is 11.7 Å². The molecular formula is C17H24N4O3. The molecule has 1 atom stereocenters. The molecular weight excluding hydrogens is 308 g/mol. The first-order valence-electron chi connectivity index (χ1n) is 8.78. The lowest BCUT2D eigenvalue weighted by atomic mass is 9.79. The van der Waals surface area contributed by atoms with E-state index < -0.39 is 0 Å². The Labute approximate surface area is 142 Å². The van der Waals surface area contributed by atoms with Crippen molar-refractivity contribution in [3.8, 4) is 0 Å². The fraction of sp³-hybridized carbons (Fsp3) is 0.706. The van der Waals surface area contributed by atoms with E-state index in [4.69, 9.17) is 9.47 Å². The summed E-state index contributed by atoms with van der Waals surface area (Å²) < 4.78 is 10.9. The van der Waals surface area contributed by atoms with Crippen molar-refractivity contribution in [3.63, 3.8) is 0 Å². The molecule has 0 N–H and O–H groups in total. The van der Waals surface area contributed by atoms with Gasteiger partial charge in [0.25, 0.3) is 5.91 Å². The van der Waals surface area contributed by atoms with E-state index >= 15 is 0 Å². The Morgan fingerprint density at radius 3 is 2.75 bits per heavy atom. The van der Waals surface area contributed by atoms with E-state index in [1.165, 1.54) is 6.42 Å². The first kappa shape index (κ1) is 15.8. The number of aromatic nitrogens is 2. The van der Waals surface area contributed by atoms with Crippen LogP contribution in [-0.2, 0) is 9.47 Å². The molecule has 7 nitrogen and oxygen atoms in total.